The lowest BCUT2D eigenvalue weighted by atomic mass is 9.81. The highest BCUT2D eigenvalue weighted by atomic mass is 19.4. The lowest BCUT2D eigenvalue weighted by molar-refractivity contribution is -0.182. The predicted molar refractivity (Wildman–Crippen MR) is 119 cm³/mol. The van der Waals surface area contributed by atoms with E-state index in [1.807, 2.05) is 17.8 Å². The van der Waals surface area contributed by atoms with Crippen LogP contribution in [0.2, 0.25) is 0 Å². The number of halogens is 3. The van der Waals surface area contributed by atoms with Crippen LogP contribution in [-0.2, 0) is 23.2 Å². The topological polar surface area (TPSA) is 119 Å². The molecule has 2 aromatic rings. The smallest absolute Gasteiger partial charge is 0.391 e. The molecular formula is C24H27F3N4O4. The van der Waals surface area contributed by atoms with Crippen molar-refractivity contribution in [3.05, 3.63) is 41.3 Å². The molecule has 35 heavy (non-hydrogen) atoms. The summed E-state index contributed by atoms with van der Waals surface area (Å²) in [5.41, 5.74) is 7.92. The third kappa shape index (κ3) is 5.03. The zero-order valence-electron chi connectivity index (χ0n) is 19.2. The average Bonchev–Trinajstić information content (AvgIpc) is 3.33. The van der Waals surface area contributed by atoms with Crippen molar-refractivity contribution < 1.29 is 32.7 Å². The van der Waals surface area contributed by atoms with E-state index in [2.05, 4.69) is 0 Å². The van der Waals surface area contributed by atoms with Gasteiger partial charge in [0.05, 0.1) is 11.6 Å². The van der Waals surface area contributed by atoms with Crippen molar-refractivity contribution in [2.24, 2.45) is 18.7 Å². The van der Waals surface area contributed by atoms with Crippen molar-refractivity contribution in [3.8, 4) is 11.3 Å². The molecule has 0 saturated heterocycles. The van der Waals surface area contributed by atoms with Gasteiger partial charge in [0.2, 0.25) is 5.91 Å². The first-order chi connectivity index (χ1) is 16.5. The maximum Gasteiger partial charge on any atom is 0.391 e. The van der Waals surface area contributed by atoms with Gasteiger partial charge < -0.3 is 20.3 Å². The Labute approximate surface area is 199 Å². The van der Waals surface area contributed by atoms with Gasteiger partial charge in [-0.2, -0.15) is 13.2 Å². The molecule has 0 spiro atoms. The van der Waals surface area contributed by atoms with Crippen molar-refractivity contribution in [3.63, 3.8) is 0 Å². The number of fused-ring (bicyclic) bond motifs is 1. The number of aromatic nitrogens is 2. The number of alkyl halides is 3. The second-order valence-corrected chi connectivity index (χ2v) is 9.34. The number of aliphatic carboxylic acids is 1. The van der Waals surface area contributed by atoms with Gasteiger partial charge in [-0.1, -0.05) is 6.07 Å². The van der Waals surface area contributed by atoms with Crippen LogP contribution in [0.1, 0.15) is 66.2 Å². The summed E-state index contributed by atoms with van der Waals surface area (Å²) in [5, 5.41) is 8.94. The normalized spacial score (nSPS) is 21.1. The van der Waals surface area contributed by atoms with Crippen LogP contribution in [0, 0.1) is 5.92 Å². The Hall–Kier alpha value is -3.37. The van der Waals surface area contributed by atoms with Crippen LogP contribution in [0.15, 0.2) is 24.4 Å². The number of carbonyl (C=O) groups is 3. The Bertz CT molecular complexity index is 1150. The number of carboxylic acids is 1. The number of aryl methyl sites for hydroxylation is 1. The number of rotatable bonds is 7. The van der Waals surface area contributed by atoms with Gasteiger partial charge in [0.1, 0.15) is 11.9 Å². The molecular weight excluding hydrogens is 465 g/mol. The molecule has 11 heteroatoms. The Morgan fingerprint density at radius 3 is 2.51 bits per heavy atom. The lowest BCUT2D eigenvalue weighted by Gasteiger charge is -2.29. The molecule has 1 atom stereocenters. The van der Waals surface area contributed by atoms with Gasteiger partial charge in [-0.15, -0.1) is 0 Å². The maximum atomic E-state index is 13.0. The number of amides is 2. The molecule has 1 saturated carbocycles. The third-order valence-electron chi connectivity index (χ3n) is 7.04. The standard InChI is InChI=1S/C24H27F3N4O4/c1-30-12-18(29-22(30)13-2-5-16(6-3-13)24(25,26)27)14-4-7-17-15(10-14)11-31(23(17)35)19(21(28)34)8-9-20(32)33/h4,7,10,12-13,16,19H,2-3,5-6,8-9,11H2,1H3,(H2,28,34)(H,32,33). The number of nitrogens with zero attached hydrogens (tertiary/aromatic N) is 3. The molecule has 0 bridgehead atoms. The van der Waals surface area contributed by atoms with E-state index in [1.54, 1.807) is 18.2 Å². The fraction of sp³-hybridized carbons (Fsp3) is 0.500. The molecule has 2 amide bonds. The third-order valence-corrected chi connectivity index (χ3v) is 7.04. The highest BCUT2D eigenvalue weighted by Gasteiger charge is 2.42. The van der Waals surface area contributed by atoms with E-state index in [-0.39, 0.29) is 44.1 Å². The van der Waals surface area contributed by atoms with E-state index in [4.69, 9.17) is 15.8 Å². The number of hydrogen-bond acceptors (Lipinski definition) is 4. The van der Waals surface area contributed by atoms with Crippen LogP contribution in [0.25, 0.3) is 11.3 Å². The molecule has 1 aromatic carbocycles. The van der Waals surface area contributed by atoms with Gasteiger partial charge in [0.15, 0.2) is 0 Å². The second kappa shape index (κ2) is 9.35. The SMILES string of the molecule is Cn1cc(-c2ccc3c(c2)CN(C(CCC(=O)O)C(N)=O)C3=O)nc1C1CCC(C(F)(F)F)CC1. The van der Waals surface area contributed by atoms with Gasteiger partial charge in [0, 0.05) is 43.3 Å². The van der Waals surface area contributed by atoms with Crippen LogP contribution in [-0.4, -0.2) is 49.6 Å². The summed E-state index contributed by atoms with van der Waals surface area (Å²) in [6, 6.07) is 4.16. The van der Waals surface area contributed by atoms with Gasteiger partial charge in [0.25, 0.3) is 5.91 Å². The van der Waals surface area contributed by atoms with Crippen LogP contribution < -0.4 is 5.73 Å². The quantitative estimate of drug-likeness (QED) is 0.612. The van der Waals surface area contributed by atoms with Gasteiger partial charge >= 0.3 is 12.1 Å². The second-order valence-electron chi connectivity index (χ2n) is 9.34. The van der Waals surface area contributed by atoms with Gasteiger partial charge in [-0.25, -0.2) is 4.98 Å². The van der Waals surface area contributed by atoms with E-state index >= 15 is 0 Å². The van der Waals surface area contributed by atoms with Gasteiger partial charge in [-0.05, 0) is 49.8 Å². The van der Waals surface area contributed by atoms with E-state index in [1.165, 1.54) is 4.90 Å². The number of benzene rings is 1. The minimum Gasteiger partial charge on any atom is -0.481 e. The van der Waals surface area contributed by atoms with E-state index in [0.29, 0.717) is 29.7 Å². The summed E-state index contributed by atoms with van der Waals surface area (Å²) in [6.07, 6.45) is -1.67. The summed E-state index contributed by atoms with van der Waals surface area (Å²) in [5.74, 6) is -2.80. The fourth-order valence-electron chi connectivity index (χ4n) is 5.14. The van der Waals surface area contributed by atoms with E-state index in [9.17, 15) is 27.6 Å². The molecule has 0 radical (unpaired) electrons. The minimum absolute atomic E-state index is 0.0515. The number of primary amides is 1. The number of carbonyl (C=O) groups excluding carboxylic acids is 2. The van der Waals surface area contributed by atoms with Crippen molar-refractivity contribution in [2.75, 3.05) is 0 Å². The largest absolute Gasteiger partial charge is 0.481 e. The molecule has 1 unspecified atom stereocenters. The van der Waals surface area contributed by atoms with E-state index < -0.39 is 30.0 Å². The van der Waals surface area contributed by atoms with Crippen molar-refractivity contribution >= 4 is 17.8 Å². The van der Waals surface area contributed by atoms with Gasteiger partial charge in [-0.3, -0.25) is 14.4 Å². The van der Waals surface area contributed by atoms with Crippen molar-refractivity contribution in [1.29, 1.82) is 0 Å². The first kappa shape index (κ1) is 24.7. The highest BCUT2D eigenvalue weighted by molar-refractivity contribution is 6.01. The lowest BCUT2D eigenvalue weighted by Crippen LogP contribution is -2.45. The zero-order chi connectivity index (χ0) is 25.5. The molecule has 1 aromatic heterocycles. The first-order valence-corrected chi connectivity index (χ1v) is 11.5. The van der Waals surface area contributed by atoms with E-state index in [0.717, 1.165) is 11.4 Å². The molecule has 2 aliphatic rings. The molecule has 1 aliphatic heterocycles. The Balaban J connectivity index is 1.52. The Kier molecular flexibility index (Phi) is 6.61. The van der Waals surface area contributed by atoms with Crippen molar-refractivity contribution in [1.82, 2.24) is 14.5 Å². The summed E-state index contributed by atoms with van der Waals surface area (Å²) in [4.78, 5) is 41.7. The number of nitrogens with two attached hydrogens (primary N) is 1. The monoisotopic (exact) mass is 492 g/mol. The first-order valence-electron chi connectivity index (χ1n) is 11.5. The zero-order valence-corrected chi connectivity index (χ0v) is 19.2. The molecule has 1 aliphatic carbocycles. The predicted octanol–water partition coefficient (Wildman–Crippen LogP) is 3.60. The molecule has 8 nitrogen and oxygen atoms in total. The summed E-state index contributed by atoms with van der Waals surface area (Å²) < 4.78 is 40.9. The molecule has 4 rings (SSSR count). The van der Waals surface area contributed by atoms with Crippen LogP contribution in [0.3, 0.4) is 0 Å². The molecule has 3 N–H and O–H groups in total. The summed E-state index contributed by atoms with van der Waals surface area (Å²) >= 11 is 0. The molecule has 2 heterocycles. The number of imidazole rings is 1. The fourth-order valence-corrected chi connectivity index (χ4v) is 5.14. The highest BCUT2D eigenvalue weighted by Crippen LogP contribution is 2.43. The van der Waals surface area contributed by atoms with Crippen LogP contribution in [0.4, 0.5) is 13.2 Å². The maximum absolute atomic E-state index is 13.0. The number of carboxylic acid groups (broad SMARTS) is 1. The molecule has 188 valence electrons. The number of hydrogen-bond donors (Lipinski definition) is 2. The molecule has 1 fully saturated rings. The minimum atomic E-state index is -4.16. The Morgan fingerprint density at radius 1 is 1.23 bits per heavy atom. The summed E-state index contributed by atoms with van der Waals surface area (Å²) in [6.45, 7) is 0.121. The summed E-state index contributed by atoms with van der Waals surface area (Å²) in [7, 11) is 1.82. The van der Waals surface area contributed by atoms with Crippen molar-refractivity contribution in [2.45, 2.75) is 63.2 Å². The Morgan fingerprint density at radius 2 is 1.91 bits per heavy atom. The van der Waals surface area contributed by atoms with Crippen LogP contribution >= 0.6 is 0 Å². The average molecular weight is 492 g/mol. The van der Waals surface area contributed by atoms with Crippen LogP contribution in [0.5, 0.6) is 0 Å².